The number of benzene rings is 2. The first-order chi connectivity index (χ1) is 19.6. The zero-order valence-electron chi connectivity index (χ0n) is 22.7. The highest BCUT2D eigenvalue weighted by Gasteiger charge is 2.42. The van der Waals surface area contributed by atoms with Crippen LogP contribution in [0.25, 0.3) is 10.9 Å². The molecule has 4 heterocycles. The van der Waals surface area contributed by atoms with E-state index >= 15 is 0 Å². The van der Waals surface area contributed by atoms with Crippen molar-refractivity contribution in [3.63, 3.8) is 0 Å². The summed E-state index contributed by atoms with van der Waals surface area (Å²) in [5, 5.41) is 9.04. The van der Waals surface area contributed by atoms with Gasteiger partial charge < -0.3 is 15.4 Å². The lowest BCUT2D eigenvalue weighted by Crippen LogP contribution is -2.29. The molecule has 9 heteroatoms. The van der Waals surface area contributed by atoms with Crippen LogP contribution in [0.1, 0.15) is 45.4 Å². The van der Waals surface area contributed by atoms with Gasteiger partial charge in [-0.2, -0.15) is 11.8 Å². The minimum atomic E-state index is -0.459. The van der Waals surface area contributed by atoms with Crippen molar-refractivity contribution < 1.29 is 9.13 Å². The van der Waals surface area contributed by atoms with E-state index in [1.807, 2.05) is 19.1 Å². The SMILES string of the molecule is C/C=C(\C=C\CN1CCCCC1)Nc1cc2c(Nc3ccc(F)c(Cl)c3)ncnc2cc1OC1CC2CCC1S2. The third kappa shape index (κ3) is 6.24. The molecule has 2 bridgehead atoms. The average molecular weight is 580 g/mol. The maximum atomic E-state index is 13.7. The van der Waals surface area contributed by atoms with Crippen LogP contribution < -0.4 is 15.4 Å². The molecular formula is C31H35ClFN5OS. The fraction of sp³-hybridized carbons (Fsp3) is 0.419. The Balaban J connectivity index is 1.30. The summed E-state index contributed by atoms with van der Waals surface area (Å²) in [6, 6.07) is 8.59. The predicted molar refractivity (Wildman–Crippen MR) is 164 cm³/mol. The Kier molecular flexibility index (Phi) is 8.46. The number of ether oxygens (including phenoxy) is 1. The first kappa shape index (κ1) is 27.4. The van der Waals surface area contributed by atoms with Gasteiger partial charge in [-0.25, -0.2) is 14.4 Å². The maximum Gasteiger partial charge on any atom is 0.145 e. The molecule has 0 spiro atoms. The molecule has 2 N–H and O–H groups in total. The van der Waals surface area contributed by atoms with E-state index in [1.54, 1.807) is 12.1 Å². The highest BCUT2D eigenvalue weighted by Crippen LogP contribution is 2.48. The van der Waals surface area contributed by atoms with E-state index in [2.05, 4.69) is 55.5 Å². The van der Waals surface area contributed by atoms with Crippen LogP contribution in [-0.4, -0.2) is 51.1 Å². The summed E-state index contributed by atoms with van der Waals surface area (Å²) < 4.78 is 20.4. The minimum Gasteiger partial charge on any atom is -0.487 e. The Morgan fingerprint density at radius 2 is 2.05 bits per heavy atom. The zero-order valence-corrected chi connectivity index (χ0v) is 24.3. The summed E-state index contributed by atoms with van der Waals surface area (Å²) in [4.78, 5) is 11.6. The van der Waals surface area contributed by atoms with Gasteiger partial charge in [0.1, 0.15) is 29.8 Å². The highest BCUT2D eigenvalue weighted by molar-refractivity contribution is 8.01. The van der Waals surface area contributed by atoms with Crippen LogP contribution in [0.3, 0.4) is 0 Å². The van der Waals surface area contributed by atoms with E-state index in [-0.39, 0.29) is 11.1 Å². The van der Waals surface area contributed by atoms with Gasteiger partial charge in [0.15, 0.2) is 0 Å². The molecule has 6 nitrogen and oxygen atoms in total. The number of aromatic nitrogens is 2. The third-order valence-electron chi connectivity index (χ3n) is 7.95. The van der Waals surface area contributed by atoms with E-state index in [0.717, 1.165) is 41.0 Å². The molecule has 3 aromatic rings. The van der Waals surface area contributed by atoms with Gasteiger partial charge in [-0.3, -0.25) is 4.90 Å². The van der Waals surface area contributed by atoms with E-state index in [1.165, 1.54) is 57.6 Å². The Morgan fingerprint density at radius 1 is 1.18 bits per heavy atom. The molecule has 0 radical (unpaired) electrons. The first-order valence-electron chi connectivity index (χ1n) is 14.2. The monoisotopic (exact) mass is 579 g/mol. The Labute approximate surface area is 244 Å². The van der Waals surface area contributed by atoms with Crippen molar-refractivity contribution >= 4 is 51.5 Å². The van der Waals surface area contributed by atoms with E-state index in [9.17, 15) is 4.39 Å². The number of fused-ring (bicyclic) bond motifs is 3. The molecule has 3 aliphatic rings. The lowest BCUT2D eigenvalue weighted by molar-refractivity contribution is 0.179. The average Bonchev–Trinajstić information content (AvgIpc) is 3.59. The first-order valence-corrected chi connectivity index (χ1v) is 15.5. The quantitative estimate of drug-likeness (QED) is 0.249. The number of allylic oxidation sites excluding steroid dienone is 2. The number of hydrogen-bond acceptors (Lipinski definition) is 7. The van der Waals surface area contributed by atoms with Crippen LogP contribution >= 0.6 is 23.4 Å². The lowest BCUT2D eigenvalue weighted by Gasteiger charge is -2.25. The lowest BCUT2D eigenvalue weighted by atomic mass is 9.98. The summed E-state index contributed by atoms with van der Waals surface area (Å²) in [5.41, 5.74) is 3.28. The van der Waals surface area contributed by atoms with Crippen molar-refractivity contribution in [1.29, 1.82) is 0 Å². The van der Waals surface area contributed by atoms with Gasteiger partial charge in [0.2, 0.25) is 0 Å². The molecule has 3 aliphatic heterocycles. The largest absolute Gasteiger partial charge is 0.487 e. The van der Waals surface area contributed by atoms with Gasteiger partial charge >= 0.3 is 0 Å². The van der Waals surface area contributed by atoms with Gasteiger partial charge in [-0.05, 0) is 82.5 Å². The Morgan fingerprint density at radius 3 is 2.80 bits per heavy atom. The molecule has 0 amide bonds. The van der Waals surface area contributed by atoms with E-state index in [4.69, 9.17) is 16.3 Å². The number of halogens is 2. The molecule has 40 heavy (non-hydrogen) atoms. The summed E-state index contributed by atoms with van der Waals surface area (Å²) in [6.07, 6.45) is 15.7. The Hall–Kier alpha value is -2.81. The van der Waals surface area contributed by atoms with Gasteiger partial charge in [-0.1, -0.05) is 30.2 Å². The van der Waals surface area contributed by atoms with Crippen molar-refractivity contribution in [2.45, 2.75) is 62.1 Å². The van der Waals surface area contributed by atoms with Crippen LogP contribution in [0.4, 0.5) is 21.6 Å². The van der Waals surface area contributed by atoms with Crippen molar-refractivity contribution in [2.75, 3.05) is 30.3 Å². The van der Waals surface area contributed by atoms with Crippen LogP contribution in [0.2, 0.25) is 5.02 Å². The van der Waals surface area contributed by atoms with Gasteiger partial charge in [0, 0.05) is 39.9 Å². The van der Waals surface area contributed by atoms with Gasteiger partial charge in [0.25, 0.3) is 0 Å². The van der Waals surface area contributed by atoms with Crippen LogP contribution in [0.15, 0.2) is 60.6 Å². The Bertz CT molecular complexity index is 1430. The molecule has 0 saturated carbocycles. The molecular weight excluding hydrogens is 545 g/mol. The number of hydrogen-bond donors (Lipinski definition) is 2. The van der Waals surface area contributed by atoms with Crippen LogP contribution in [0, 0.1) is 5.82 Å². The van der Waals surface area contributed by atoms with E-state index < -0.39 is 5.82 Å². The number of anilines is 3. The fourth-order valence-electron chi connectivity index (χ4n) is 5.80. The normalized spacial score (nSPS) is 23.3. The predicted octanol–water partition coefficient (Wildman–Crippen LogP) is 7.94. The van der Waals surface area contributed by atoms with Crippen molar-refractivity contribution in [3.8, 4) is 5.75 Å². The van der Waals surface area contributed by atoms with Crippen molar-refractivity contribution in [2.24, 2.45) is 0 Å². The number of thioether (sulfide) groups is 1. The minimum absolute atomic E-state index is 0.0548. The zero-order chi connectivity index (χ0) is 27.5. The number of nitrogens with zero attached hydrogens (tertiary/aromatic N) is 3. The van der Waals surface area contributed by atoms with Gasteiger partial charge in [0.05, 0.1) is 16.2 Å². The molecule has 3 saturated heterocycles. The molecule has 1 aromatic heterocycles. The summed E-state index contributed by atoms with van der Waals surface area (Å²) in [6.45, 7) is 5.32. The van der Waals surface area contributed by atoms with Gasteiger partial charge in [-0.15, -0.1) is 0 Å². The second kappa shape index (κ2) is 12.4. The molecule has 2 aromatic carbocycles. The second-order valence-electron chi connectivity index (χ2n) is 10.7. The maximum absolute atomic E-state index is 13.7. The van der Waals surface area contributed by atoms with Crippen molar-refractivity contribution in [1.82, 2.24) is 14.9 Å². The topological polar surface area (TPSA) is 62.3 Å². The van der Waals surface area contributed by atoms with E-state index in [0.29, 0.717) is 22.0 Å². The molecule has 6 rings (SSSR count). The summed E-state index contributed by atoms with van der Waals surface area (Å²) in [5.74, 6) is 0.948. The van der Waals surface area contributed by atoms with Crippen molar-refractivity contribution in [3.05, 3.63) is 71.4 Å². The number of piperidine rings is 1. The number of likely N-dealkylation sites (tertiary alicyclic amines) is 1. The summed E-state index contributed by atoms with van der Waals surface area (Å²) in [7, 11) is 0. The number of nitrogens with one attached hydrogen (secondary N) is 2. The third-order valence-corrected chi connectivity index (χ3v) is 9.94. The highest BCUT2D eigenvalue weighted by atomic mass is 35.5. The standard InChI is InChI=1S/C31H35ClFN5OS/c1-2-20(7-6-14-38-12-4-3-5-13-38)36-27-17-23-26(18-28(27)39-29-16-22-9-11-30(29)40-22)34-19-35-31(23)37-21-8-10-25(33)24(32)15-21/h2,6-8,10,15,17-19,22,29-30,36H,3-5,9,11-14,16H2,1H3,(H,34,35,37)/b7-6+,20-2+. The van der Waals surface area contributed by atoms with Crippen LogP contribution in [0.5, 0.6) is 5.75 Å². The molecule has 3 atom stereocenters. The smallest absolute Gasteiger partial charge is 0.145 e. The molecule has 3 unspecified atom stereocenters. The fourth-order valence-corrected chi connectivity index (χ4v) is 7.67. The molecule has 210 valence electrons. The molecule has 3 fully saturated rings. The number of rotatable bonds is 9. The summed E-state index contributed by atoms with van der Waals surface area (Å²) >= 11 is 8.10. The van der Waals surface area contributed by atoms with Crippen LogP contribution in [-0.2, 0) is 0 Å². The second-order valence-corrected chi connectivity index (χ2v) is 12.7. The molecule has 0 aliphatic carbocycles.